The summed E-state index contributed by atoms with van der Waals surface area (Å²) < 4.78 is 29.7. The first kappa shape index (κ1) is 11.9. The minimum absolute atomic E-state index is 0.346. The average molecular weight is 195 g/mol. The van der Waals surface area contributed by atoms with E-state index in [0.717, 1.165) is 0 Å². The van der Waals surface area contributed by atoms with Gasteiger partial charge in [0, 0.05) is 6.04 Å². The van der Waals surface area contributed by atoms with Gasteiger partial charge in [0.25, 0.3) is 10.1 Å². The van der Waals surface area contributed by atoms with Gasteiger partial charge in [-0.25, -0.2) is 0 Å². The van der Waals surface area contributed by atoms with Gasteiger partial charge in [0.2, 0.25) is 0 Å². The van der Waals surface area contributed by atoms with Crippen molar-refractivity contribution in [2.75, 3.05) is 6.54 Å². The van der Waals surface area contributed by atoms with Gasteiger partial charge in [-0.3, -0.25) is 4.55 Å². The van der Waals surface area contributed by atoms with Crippen molar-refractivity contribution in [2.24, 2.45) is 0 Å². The van der Waals surface area contributed by atoms with Crippen molar-refractivity contribution in [2.45, 2.75) is 38.5 Å². The lowest BCUT2D eigenvalue weighted by atomic mass is 10.3. The van der Waals surface area contributed by atoms with Crippen LogP contribution in [0.1, 0.15) is 27.2 Å². The van der Waals surface area contributed by atoms with Crippen LogP contribution in [0.4, 0.5) is 0 Å². The van der Waals surface area contributed by atoms with Crippen LogP contribution in [0.25, 0.3) is 0 Å². The maximum absolute atomic E-state index is 10.5. The first-order chi connectivity index (χ1) is 5.34. The van der Waals surface area contributed by atoms with E-state index < -0.39 is 15.4 Å². The number of hydrogen-bond donors (Lipinski definition) is 2. The summed E-state index contributed by atoms with van der Waals surface area (Å²) in [7, 11) is -3.84. The Bertz CT molecular complexity index is 211. The van der Waals surface area contributed by atoms with Crippen molar-refractivity contribution in [3.05, 3.63) is 0 Å². The summed E-state index contributed by atoms with van der Waals surface area (Å²) in [5, 5.41) is 2.40. The SMILES string of the molecule is CC(C)NCCC(C)S(=O)(=O)O. The van der Waals surface area contributed by atoms with E-state index in [-0.39, 0.29) is 0 Å². The molecule has 0 aromatic heterocycles. The predicted molar refractivity (Wildman–Crippen MR) is 48.8 cm³/mol. The Labute approximate surface area is 74.1 Å². The fourth-order valence-corrected chi connectivity index (χ4v) is 1.14. The molecule has 74 valence electrons. The van der Waals surface area contributed by atoms with E-state index in [2.05, 4.69) is 5.32 Å². The van der Waals surface area contributed by atoms with Crippen LogP contribution in [0.5, 0.6) is 0 Å². The highest BCUT2D eigenvalue weighted by Gasteiger charge is 2.16. The molecule has 0 spiro atoms. The highest BCUT2D eigenvalue weighted by Crippen LogP contribution is 2.01. The first-order valence-corrected chi connectivity index (χ1v) is 5.54. The van der Waals surface area contributed by atoms with Crippen molar-refractivity contribution in [3.63, 3.8) is 0 Å². The summed E-state index contributed by atoms with van der Waals surface area (Å²) in [5.74, 6) is 0. The fraction of sp³-hybridized carbons (Fsp3) is 1.00. The second kappa shape index (κ2) is 4.79. The van der Waals surface area contributed by atoms with Crippen LogP contribution in [0, 0.1) is 0 Å². The number of rotatable bonds is 5. The van der Waals surface area contributed by atoms with Crippen molar-refractivity contribution in [3.8, 4) is 0 Å². The van der Waals surface area contributed by atoms with Crippen molar-refractivity contribution in [1.29, 1.82) is 0 Å². The lowest BCUT2D eigenvalue weighted by Crippen LogP contribution is -2.28. The van der Waals surface area contributed by atoms with Crippen molar-refractivity contribution < 1.29 is 13.0 Å². The zero-order valence-corrected chi connectivity index (χ0v) is 8.56. The zero-order valence-electron chi connectivity index (χ0n) is 7.74. The summed E-state index contributed by atoms with van der Waals surface area (Å²) in [6.45, 7) is 6.08. The molecule has 5 heteroatoms. The zero-order chi connectivity index (χ0) is 9.78. The molecule has 2 N–H and O–H groups in total. The van der Waals surface area contributed by atoms with Crippen LogP contribution in [-0.2, 0) is 10.1 Å². The normalized spacial score (nSPS) is 15.1. The third-order valence-electron chi connectivity index (χ3n) is 1.61. The van der Waals surface area contributed by atoms with Gasteiger partial charge in [-0.15, -0.1) is 0 Å². The van der Waals surface area contributed by atoms with Gasteiger partial charge in [-0.2, -0.15) is 8.42 Å². The molecular formula is C7H17NO3S. The molecule has 0 fully saturated rings. The Morgan fingerprint density at radius 1 is 1.33 bits per heavy atom. The standard InChI is InChI=1S/C7H17NO3S/c1-6(2)8-5-4-7(3)12(9,10)11/h6-8H,4-5H2,1-3H3,(H,9,10,11). The summed E-state index contributed by atoms with van der Waals surface area (Å²) in [6.07, 6.45) is 0.441. The van der Waals surface area contributed by atoms with Gasteiger partial charge in [0.1, 0.15) is 0 Å². The van der Waals surface area contributed by atoms with Crippen LogP contribution in [0.15, 0.2) is 0 Å². The molecule has 0 aromatic carbocycles. The Hall–Kier alpha value is -0.130. The molecule has 1 atom stereocenters. The lowest BCUT2D eigenvalue weighted by Gasteiger charge is -2.10. The average Bonchev–Trinajstić information content (AvgIpc) is 1.84. The topological polar surface area (TPSA) is 66.4 Å². The van der Waals surface area contributed by atoms with Gasteiger partial charge in [0.05, 0.1) is 5.25 Å². The first-order valence-electron chi connectivity index (χ1n) is 4.03. The summed E-state index contributed by atoms with van der Waals surface area (Å²) in [4.78, 5) is 0. The Balaban J connectivity index is 3.66. The van der Waals surface area contributed by atoms with E-state index in [9.17, 15) is 8.42 Å². The van der Waals surface area contributed by atoms with Crippen molar-refractivity contribution >= 4 is 10.1 Å². The molecule has 0 radical (unpaired) electrons. The van der Waals surface area contributed by atoms with E-state index in [1.165, 1.54) is 6.92 Å². The second-order valence-electron chi connectivity index (χ2n) is 3.22. The van der Waals surface area contributed by atoms with E-state index in [1.807, 2.05) is 13.8 Å². The molecule has 0 bridgehead atoms. The van der Waals surface area contributed by atoms with Gasteiger partial charge >= 0.3 is 0 Å². The Kier molecular flexibility index (Phi) is 4.74. The molecule has 0 heterocycles. The largest absolute Gasteiger partial charge is 0.314 e. The van der Waals surface area contributed by atoms with Crippen LogP contribution in [0.3, 0.4) is 0 Å². The van der Waals surface area contributed by atoms with Crippen LogP contribution in [-0.4, -0.2) is 30.8 Å². The minimum atomic E-state index is -3.84. The molecule has 1 unspecified atom stereocenters. The molecule has 0 aliphatic carbocycles. The molecule has 0 amide bonds. The number of hydrogen-bond acceptors (Lipinski definition) is 3. The summed E-state index contributed by atoms with van der Waals surface area (Å²) in [5.41, 5.74) is 0. The molecule has 0 aliphatic heterocycles. The molecule has 0 saturated carbocycles. The number of nitrogens with one attached hydrogen (secondary N) is 1. The molecule has 0 aliphatic rings. The molecule has 0 rings (SSSR count). The Morgan fingerprint density at radius 2 is 1.83 bits per heavy atom. The highest BCUT2D eigenvalue weighted by atomic mass is 32.2. The Morgan fingerprint density at radius 3 is 2.17 bits per heavy atom. The van der Waals surface area contributed by atoms with E-state index in [4.69, 9.17) is 4.55 Å². The maximum Gasteiger partial charge on any atom is 0.267 e. The van der Waals surface area contributed by atoms with Crippen LogP contribution >= 0.6 is 0 Å². The smallest absolute Gasteiger partial charge is 0.267 e. The fourth-order valence-electron chi connectivity index (χ4n) is 0.724. The van der Waals surface area contributed by atoms with E-state index in [0.29, 0.717) is 19.0 Å². The molecule has 0 saturated heterocycles. The van der Waals surface area contributed by atoms with Crippen molar-refractivity contribution in [1.82, 2.24) is 5.32 Å². The molecular weight excluding hydrogens is 178 g/mol. The minimum Gasteiger partial charge on any atom is -0.314 e. The predicted octanol–water partition coefficient (Wildman–Crippen LogP) is 0.651. The summed E-state index contributed by atoms with van der Waals surface area (Å²) >= 11 is 0. The van der Waals surface area contributed by atoms with Crippen LogP contribution in [0.2, 0.25) is 0 Å². The van der Waals surface area contributed by atoms with Crippen LogP contribution < -0.4 is 5.32 Å². The molecule has 4 nitrogen and oxygen atoms in total. The quantitative estimate of drug-likeness (QED) is 0.632. The van der Waals surface area contributed by atoms with E-state index in [1.54, 1.807) is 0 Å². The highest BCUT2D eigenvalue weighted by molar-refractivity contribution is 7.86. The molecule has 12 heavy (non-hydrogen) atoms. The van der Waals surface area contributed by atoms with Gasteiger partial charge < -0.3 is 5.32 Å². The van der Waals surface area contributed by atoms with E-state index >= 15 is 0 Å². The van der Waals surface area contributed by atoms with Gasteiger partial charge in [0.15, 0.2) is 0 Å². The third-order valence-corrected chi connectivity index (χ3v) is 2.86. The monoisotopic (exact) mass is 195 g/mol. The van der Waals surface area contributed by atoms with Gasteiger partial charge in [-0.05, 0) is 19.9 Å². The second-order valence-corrected chi connectivity index (χ2v) is 5.06. The third kappa shape index (κ3) is 5.51. The molecule has 0 aromatic rings. The maximum atomic E-state index is 10.5. The van der Waals surface area contributed by atoms with Gasteiger partial charge in [-0.1, -0.05) is 13.8 Å². The summed E-state index contributed by atoms with van der Waals surface area (Å²) in [6, 6.07) is 0.346. The lowest BCUT2D eigenvalue weighted by molar-refractivity contribution is 0.460.